The molecule has 0 radical (unpaired) electrons. The normalized spacial score (nSPS) is 14.7. The average Bonchev–Trinajstić information content (AvgIpc) is 2.72. The molecule has 1 aliphatic carbocycles. The smallest absolute Gasteiger partial charge is 0.253 e. The highest BCUT2D eigenvalue weighted by Crippen LogP contribution is 2.24. The molecular formula is C18H20F2N2O2. The van der Waals surface area contributed by atoms with Crippen LogP contribution in [-0.4, -0.2) is 13.0 Å². The molecule has 0 heterocycles. The van der Waals surface area contributed by atoms with Gasteiger partial charge in [-0.3, -0.25) is 4.79 Å². The van der Waals surface area contributed by atoms with Crippen LogP contribution in [0.2, 0.25) is 0 Å². The number of halogens is 2. The van der Waals surface area contributed by atoms with Gasteiger partial charge in [-0.2, -0.15) is 0 Å². The Kier molecular flexibility index (Phi) is 5.73. The summed E-state index contributed by atoms with van der Waals surface area (Å²) in [5.41, 5.74) is 7.24. The highest BCUT2D eigenvalue weighted by atomic mass is 19.1. The van der Waals surface area contributed by atoms with Crippen LogP contribution in [0.1, 0.15) is 25.3 Å². The number of carbonyl (C=O) groups excluding carboxylic acids is 1. The Hall–Kier alpha value is -2.63. The summed E-state index contributed by atoms with van der Waals surface area (Å²) < 4.78 is 32.8. The number of rotatable bonds is 5. The predicted molar refractivity (Wildman–Crippen MR) is 88.2 cm³/mol. The van der Waals surface area contributed by atoms with Gasteiger partial charge in [-0.15, -0.1) is 0 Å². The minimum Gasteiger partial charge on any atom is -0.494 e. The summed E-state index contributed by atoms with van der Waals surface area (Å²) in [6.07, 6.45) is 3.30. The maximum atomic E-state index is 14.1. The van der Waals surface area contributed by atoms with Gasteiger partial charge in [-0.1, -0.05) is 19.1 Å². The Morgan fingerprint density at radius 1 is 1.33 bits per heavy atom. The van der Waals surface area contributed by atoms with Gasteiger partial charge in [0.25, 0.3) is 5.91 Å². The van der Waals surface area contributed by atoms with E-state index in [2.05, 4.69) is 5.32 Å². The Bertz CT molecular complexity index is 737. The molecule has 0 spiro atoms. The van der Waals surface area contributed by atoms with Crippen molar-refractivity contribution in [1.82, 2.24) is 5.32 Å². The standard InChI is InChI=1S/C18H20F2N2O2/c1-3-11-9-15(21)13(7-8-14(11)19)18(23)22-10-12-5-4-6-16(24-2)17(12)20/h4-8H,3,9-10,21H2,1-2H3,(H,22,23). The van der Waals surface area contributed by atoms with E-state index in [0.717, 1.165) is 0 Å². The second kappa shape index (κ2) is 7.77. The second-order valence-corrected chi connectivity index (χ2v) is 5.37. The summed E-state index contributed by atoms with van der Waals surface area (Å²) in [6, 6.07) is 4.68. The molecule has 0 fully saturated rings. The van der Waals surface area contributed by atoms with Crippen LogP contribution in [0.4, 0.5) is 8.78 Å². The number of nitrogens with two attached hydrogens (primary N) is 1. The fourth-order valence-corrected chi connectivity index (χ4v) is 2.43. The summed E-state index contributed by atoms with van der Waals surface area (Å²) in [6.45, 7) is 1.80. The van der Waals surface area contributed by atoms with Crippen LogP contribution in [-0.2, 0) is 11.3 Å². The number of methoxy groups -OCH3 is 1. The predicted octanol–water partition coefficient (Wildman–Crippen LogP) is 3.26. The van der Waals surface area contributed by atoms with Gasteiger partial charge < -0.3 is 15.8 Å². The number of amides is 1. The van der Waals surface area contributed by atoms with Gasteiger partial charge in [0.2, 0.25) is 0 Å². The van der Waals surface area contributed by atoms with Gasteiger partial charge in [0.05, 0.1) is 12.7 Å². The first-order valence-electron chi connectivity index (χ1n) is 7.61. The highest BCUT2D eigenvalue weighted by Gasteiger charge is 2.17. The molecule has 128 valence electrons. The summed E-state index contributed by atoms with van der Waals surface area (Å²) in [5, 5.41) is 2.60. The largest absolute Gasteiger partial charge is 0.494 e. The van der Waals surface area contributed by atoms with E-state index < -0.39 is 11.7 Å². The molecule has 24 heavy (non-hydrogen) atoms. The lowest BCUT2D eigenvalue weighted by atomic mass is 10.1. The third-order valence-electron chi connectivity index (χ3n) is 3.86. The maximum Gasteiger partial charge on any atom is 0.253 e. The van der Waals surface area contributed by atoms with E-state index in [1.807, 2.05) is 6.92 Å². The number of hydrogen-bond acceptors (Lipinski definition) is 3. The lowest BCUT2D eigenvalue weighted by Gasteiger charge is -2.11. The minimum absolute atomic E-state index is 0.0248. The van der Waals surface area contributed by atoms with E-state index in [1.165, 1.54) is 25.3 Å². The highest BCUT2D eigenvalue weighted by molar-refractivity contribution is 5.97. The topological polar surface area (TPSA) is 64.3 Å². The van der Waals surface area contributed by atoms with Crippen LogP contribution < -0.4 is 15.8 Å². The molecule has 2 rings (SSSR count). The van der Waals surface area contributed by atoms with Crippen molar-refractivity contribution in [2.24, 2.45) is 5.73 Å². The molecule has 3 N–H and O–H groups in total. The van der Waals surface area contributed by atoms with Crippen LogP contribution in [0.15, 0.2) is 53.0 Å². The molecule has 0 bridgehead atoms. The molecule has 1 aromatic rings. The molecule has 1 amide bonds. The molecule has 0 saturated heterocycles. The Morgan fingerprint density at radius 3 is 2.75 bits per heavy atom. The number of benzene rings is 1. The molecule has 6 heteroatoms. The number of hydrogen-bond donors (Lipinski definition) is 2. The third-order valence-corrected chi connectivity index (χ3v) is 3.86. The van der Waals surface area contributed by atoms with E-state index in [0.29, 0.717) is 17.7 Å². The average molecular weight is 334 g/mol. The molecule has 0 atom stereocenters. The fraction of sp³-hybridized carbons (Fsp3) is 0.278. The van der Waals surface area contributed by atoms with Crippen molar-refractivity contribution in [2.45, 2.75) is 26.3 Å². The monoisotopic (exact) mass is 334 g/mol. The molecular weight excluding hydrogens is 314 g/mol. The van der Waals surface area contributed by atoms with Crippen LogP contribution in [0.25, 0.3) is 0 Å². The Morgan fingerprint density at radius 2 is 2.08 bits per heavy atom. The van der Waals surface area contributed by atoms with Crippen molar-refractivity contribution in [3.8, 4) is 5.75 Å². The van der Waals surface area contributed by atoms with Gasteiger partial charge in [0, 0.05) is 24.2 Å². The van der Waals surface area contributed by atoms with E-state index in [9.17, 15) is 13.6 Å². The quantitative estimate of drug-likeness (QED) is 0.869. The maximum absolute atomic E-state index is 14.1. The molecule has 0 aromatic heterocycles. The van der Waals surface area contributed by atoms with Crippen molar-refractivity contribution in [3.05, 3.63) is 64.4 Å². The minimum atomic E-state index is -0.528. The van der Waals surface area contributed by atoms with Crippen molar-refractivity contribution >= 4 is 5.91 Å². The van der Waals surface area contributed by atoms with E-state index in [-0.39, 0.29) is 35.7 Å². The lowest BCUT2D eigenvalue weighted by molar-refractivity contribution is -0.117. The first-order chi connectivity index (χ1) is 11.5. The zero-order chi connectivity index (χ0) is 17.7. The molecule has 0 unspecified atom stereocenters. The summed E-state index contributed by atoms with van der Waals surface area (Å²) >= 11 is 0. The van der Waals surface area contributed by atoms with Crippen molar-refractivity contribution in [3.63, 3.8) is 0 Å². The number of nitrogens with one attached hydrogen (secondary N) is 1. The Balaban J connectivity index is 2.12. The first-order valence-corrected chi connectivity index (χ1v) is 7.61. The van der Waals surface area contributed by atoms with E-state index in [4.69, 9.17) is 10.5 Å². The Labute approximate surface area is 139 Å². The molecule has 0 aliphatic heterocycles. The zero-order valence-electron chi connectivity index (χ0n) is 13.7. The zero-order valence-corrected chi connectivity index (χ0v) is 13.7. The summed E-state index contributed by atoms with van der Waals surface area (Å²) in [5.74, 6) is -1.27. The molecule has 4 nitrogen and oxygen atoms in total. The van der Waals surface area contributed by atoms with E-state index in [1.54, 1.807) is 12.1 Å². The number of allylic oxidation sites excluding steroid dienone is 3. The fourth-order valence-electron chi connectivity index (χ4n) is 2.43. The van der Waals surface area contributed by atoms with Crippen LogP contribution in [0, 0.1) is 5.82 Å². The third kappa shape index (κ3) is 3.82. The SMILES string of the molecule is CCC1=C(F)C=CC(C(=O)NCc2cccc(OC)c2F)=C(N)C1. The molecule has 1 aliphatic rings. The van der Waals surface area contributed by atoms with Gasteiger partial charge in [-0.25, -0.2) is 8.78 Å². The van der Waals surface area contributed by atoms with Gasteiger partial charge in [0.1, 0.15) is 5.83 Å². The number of ether oxygens (including phenoxy) is 1. The van der Waals surface area contributed by atoms with Gasteiger partial charge >= 0.3 is 0 Å². The van der Waals surface area contributed by atoms with Gasteiger partial charge in [0.15, 0.2) is 11.6 Å². The molecule has 1 aromatic carbocycles. The van der Waals surface area contributed by atoms with Gasteiger partial charge in [-0.05, 0) is 30.2 Å². The number of carbonyl (C=O) groups is 1. The second-order valence-electron chi connectivity index (χ2n) is 5.37. The van der Waals surface area contributed by atoms with Crippen molar-refractivity contribution in [1.29, 1.82) is 0 Å². The summed E-state index contributed by atoms with van der Waals surface area (Å²) in [4.78, 5) is 12.3. The van der Waals surface area contributed by atoms with Crippen LogP contribution in [0.3, 0.4) is 0 Å². The molecule has 0 saturated carbocycles. The first kappa shape index (κ1) is 17.7. The van der Waals surface area contributed by atoms with E-state index >= 15 is 0 Å². The van der Waals surface area contributed by atoms with Crippen molar-refractivity contribution < 1.29 is 18.3 Å². The van der Waals surface area contributed by atoms with Crippen LogP contribution >= 0.6 is 0 Å². The summed E-state index contributed by atoms with van der Waals surface area (Å²) in [7, 11) is 1.37. The van der Waals surface area contributed by atoms with Crippen LogP contribution in [0.5, 0.6) is 5.75 Å². The van der Waals surface area contributed by atoms with Crippen molar-refractivity contribution in [2.75, 3.05) is 7.11 Å². The lowest BCUT2D eigenvalue weighted by Crippen LogP contribution is -2.26.